The molecule has 2 N–H and O–H groups in total. The summed E-state index contributed by atoms with van der Waals surface area (Å²) in [6.45, 7) is 27.3. The Hall–Kier alpha value is -5.73. The molecule has 0 saturated carbocycles. The average molecular weight is 1290 g/mol. The largest absolute Gasteiger partial charge is 1.00 e. The minimum atomic E-state index is -0.629. The van der Waals surface area contributed by atoms with Crippen LogP contribution in [0.1, 0.15) is 79.3 Å². The number of carbonyl (C=O) groups excluding carboxylic acids is 1. The predicted octanol–water partition coefficient (Wildman–Crippen LogP) is 8.62. The Labute approximate surface area is 626 Å². The van der Waals surface area contributed by atoms with Crippen LogP contribution in [0.3, 0.4) is 0 Å². The van der Waals surface area contributed by atoms with Gasteiger partial charge in [-0.2, -0.15) is 0 Å². The van der Waals surface area contributed by atoms with Gasteiger partial charge in [0.05, 0.1) is 42.6 Å². The Balaban J connectivity index is 0.000000226. The third-order valence-corrected chi connectivity index (χ3v) is 17.1. The monoisotopic (exact) mass is 1280 g/mol. The third-order valence-electron chi connectivity index (χ3n) is 16.7. The molecule has 0 radical (unpaired) electrons. The van der Waals surface area contributed by atoms with Gasteiger partial charge >= 0.3 is 103 Å². The van der Waals surface area contributed by atoms with E-state index in [-0.39, 0.29) is 129 Å². The maximum Gasteiger partial charge on any atom is 1.00 e. The molecule has 0 bridgehead atoms. The molecule has 0 amide bonds. The van der Waals surface area contributed by atoms with Gasteiger partial charge in [0.25, 0.3) is 6.47 Å². The first kappa shape index (κ1) is 71.1. The minimum absolute atomic E-state index is 0. The Kier molecular flexibility index (Phi) is 26.1. The number of benzene rings is 8. The van der Waals surface area contributed by atoms with Gasteiger partial charge in [-0.3, -0.25) is 4.79 Å². The molecule has 3 unspecified atom stereocenters. The Morgan fingerprint density at radius 1 is 0.473 bits per heavy atom. The van der Waals surface area contributed by atoms with E-state index >= 15 is 0 Å². The van der Waals surface area contributed by atoms with Crippen LogP contribution in [0, 0.1) is 0 Å². The molecular weight excluding hydrogens is 1210 g/mol. The molecule has 3 fully saturated rings. The van der Waals surface area contributed by atoms with Crippen LogP contribution >= 0.6 is 11.6 Å². The summed E-state index contributed by atoms with van der Waals surface area (Å²) in [5, 5.41) is 30.1. The fourth-order valence-electron chi connectivity index (χ4n) is 12.7. The van der Waals surface area contributed by atoms with Crippen LogP contribution < -0.4 is 118 Å². The van der Waals surface area contributed by atoms with Crippen molar-refractivity contribution >= 4 is 18.1 Å². The number of phenols is 2. The molecule has 0 spiro atoms. The number of carbonyl (C=O) groups is 1. The summed E-state index contributed by atoms with van der Waals surface area (Å²) < 4.78 is 28.3. The number of halogens is 1. The molecule has 456 valence electrons. The molecule has 2 aliphatic carbocycles. The van der Waals surface area contributed by atoms with Gasteiger partial charge in [-0.1, -0.05) is 182 Å². The fraction of sp³-hybridized carbons (Fsp3) is 0.218. The molecule has 3 heterocycles. The summed E-state index contributed by atoms with van der Waals surface area (Å²) in [6.07, 6.45) is 15.8. The molecule has 10 nitrogen and oxygen atoms in total. The normalized spacial score (nSPS) is 16.2. The predicted molar refractivity (Wildman–Crippen MR) is 353 cm³/mol. The van der Waals surface area contributed by atoms with Crippen LogP contribution in [-0.2, 0) is 73.2 Å². The maximum atomic E-state index is 11.1. The van der Waals surface area contributed by atoms with Crippen molar-refractivity contribution in [1.82, 2.24) is 0 Å². The van der Waals surface area contributed by atoms with Gasteiger partial charge in [0.2, 0.25) is 0 Å². The van der Waals surface area contributed by atoms with E-state index < -0.39 is 10.8 Å². The summed E-state index contributed by atoms with van der Waals surface area (Å²) >= 11 is 5.27. The molecule has 5 aliphatic rings. The van der Waals surface area contributed by atoms with Crippen LogP contribution in [0.15, 0.2) is 234 Å². The number of aromatic hydroxyl groups is 2. The number of fused-ring (bicyclic) bond motifs is 6. The van der Waals surface area contributed by atoms with Gasteiger partial charge in [-0.15, -0.1) is 51.1 Å². The molecular formula is C78H75ClK2O10. The zero-order chi connectivity index (χ0) is 62.5. The first-order valence-electron chi connectivity index (χ1n) is 30.0. The van der Waals surface area contributed by atoms with E-state index in [1.54, 1.807) is 6.07 Å². The van der Waals surface area contributed by atoms with Gasteiger partial charge in [0.15, 0.2) is 0 Å². The number of allylic oxidation sites excluding steroid dienone is 6. The molecule has 3 saturated heterocycles. The second kappa shape index (κ2) is 33.4. The van der Waals surface area contributed by atoms with Crippen molar-refractivity contribution in [3.8, 4) is 45.3 Å². The standard InChI is InChI=1S/C40H38O4.C34H30O2.C3H5ClO.CH2O3.2K.H/c1-4-11-27-20-30(18-19-38(27)43-25-32-23-41-32)40(36-16-9-7-14-34(36)35-15-8-10-17-37(35)40)31-21-28(12-5-2)39(29(22-31)13-6-3)44-26-33-24-42-33;1-4-11-23-20-26(18-19-32(23)35)34(27-21-24(12-5-2)33(36)25(22-27)13-6-3)30-16-9-7-14-28(30)29-15-8-10-17-31(29)34;4-1-3-2-5-3;2-1-4-3;;;/h4-10,14-22,32-33H,1-3,11-13,23-26H2;4-10,14-22,35-36H,1-3,11-13H2;3H,1-2H2;1,3H;;;/q;;;;2*+1;-1/p-1. The van der Waals surface area contributed by atoms with Gasteiger partial charge in [-0.25, -0.2) is 0 Å². The van der Waals surface area contributed by atoms with E-state index in [1.807, 2.05) is 42.5 Å². The molecule has 8 aromatic carbocycles. The topological polar surface area (TPSA) is 146 Å². The second-order valence-electron chi connectivity index (χ2n) is 22.4. The second-order valence-corrected chi connectivity index (χ2v) is 22.7. The molecule has 13 rings (SSSR count). The minimum Gasteiger partial charge on any atom is -1.00 e. The number of epoxide rings is 3. The molecule has 3 aliphatic heterocycles. The van der Waals surface area contributed by atoms with Crippen LogP contribution in [0.4, 0.5) is 0 Å². The molecule has 8 aromatic rings. The van der Waals surface area contributed by atoms with E-state index in [4.69, 9.17) is 45.3 Å². The first-order chi connectivity index (χ1) is 43.6. The SMILES string of the molecule is C=CCc1cc(C2(c3cc(CC=C)c(O)c(CC=C)c3)c3ccccc3-c3ccccc32)ccc1O.C=CCc1cc(C2(c3cc(CC=C)c(OCC4CO4)c(CC=C)c3)c3ccccc3-c3ccccc32)ccc1OCC1CO1.ClCC1CO1.O=CO[O-].[H-].[K+].[K+]. The number of ether oxygens (including phenoxy) is 5. The number of alkyl halides is 1. The molecule has 91 heavy (non-hydrogen) atoms. The fourth-order valence-corrected chi connectivity index (χ4v) is 12.8. The van der Waals surface area contributed by atoms with Crippen LogP contribution in [0.2, 0.25) is 0 Å². The van der Waals surface area contributed by atoms with Crippen molar-refractivity contribution in [1.29, 1.82) is 0 Å². The number of hydrogen-bond acceptors (Lipinski definition) is 10. The zero-order valence-corrected chi connectivity index (χ0v) is 59.1. The van der Waals surface area contributed by atoms with Crippen LogP contribution in [0.25, 0.3) is 22.3 Å². The summed E-state index contributed by atoms with van der Waals surface area (Å²) in [7, 11) is 0. The zero-order valence-electron chi connectivity index (χ0n) is 53.1. The third kappa shape index (κ3) is 15.4. The Morgan fingerprint density at radius 3 is 1.18 bits per heavy atom. The van der Waals surface area contributed by atoms with Crippen molar-refractivity contribution in [2.75, 3.05) is 38.9 Å². The van der Waals surface area contributed by atoms with Crippen molar-refractivity contribution in [3.05, 3.63) is 312 Å². The van der Waals surface area contributed by atoms with Crippen LogP contribution in [-0.4, -0.2) is 73.9 Å². The van der Waals surface area contributed by atoms with Crippen molar-refractivity contribution in [2.24, 2.45) is 0 Å². The summed E-state index contributed by atoms with van der Waals surface area (Å²) in [6, 6.07) is 56.2. The van der Waals surface area contributed by atoms with E-state index in [0.29, 0.717) is 69.5 Å². The van der Waals surface area contributed by atoms with Gasteiger partial charge in [-0.05, 0) is 151 Å². The molecule has 13 heteroatoms. The quantitative estimate of drug-likeness (QED) is 0.0115. The molecule has 3 atom stereocenters. The first-order valence-corrected chi connectivity index (χ1v) is 30.5. The van der Waals surface area contributed by atoms with E-state index in [1.165, 1.54) is 55.6 Å². The summed E-state index contributed by atoms with van der Waals surface area (Å²) in [5.41, 5.74) is 19.0. The Bertz CT molecular complexity index is 3770. The summed E-state index contributed by atoms with van der Waals surface area (Å²) in [5.74, 6) is 3.02. The number of hydrogen-bond donors (Lipinski definition) is 2. The average Bonchev–Trinajstić information content (AvgIpc) is 1.54. The smallest absolute Gasteiger partial charge is 1.00 e. The van der Waals surface area contributed by atoms with E-state index in [0.717, 1.165) is 75.8 Å². The molecule has 0 aromatic heterocycles. The van der Waals surface area contributed by atoms with E-state index in [2.05, 4.69) is 190 Å². The van der Waals surface area contributed by atoms with Crippen molar-refractivity contribution in [2.45, 2.75) is 67.7 Å². The number of rotatable bonds is 24. The maximum absolute atomic E-state index is 11.1. The summed E-state index contributed by atoms with van der Waals surface area (Å²) in [4.78, 5) is 11.2. The number of phenolic OH excluding ortho intramolecular Hbond substituents is 2. The van der Waals surface area contributed by atoms with E-state index in [9.17, 15) is 10.2 Å². The van der Waals surface area contributed by atoms with Crippen molar-refractivity contribution in [3.63, 3.8) is 0 Å². The van der Waals surface area contributed by atoms with Gasteiger partial charge in [0.1, 0.15) is 48.4 Å². The van der Waals surface area contributed by atoms with Gasteiger partial charge in [0, 0.05) is 0 Å². The van der Waals surface area contributed by atoms with Crippen molar-refractivity contribution < 1.29 is 153 Å². The van der Waals surface area contributed by atoms with Gasteiger partial charge < -0.3 is 45.5 Å². The Morgan fingerprint density at radius 2 is 0.802 bits per heavy atom. The van der Waals surface area contributed by atoms with Crippen LogP contribution in [0.5, 0.6) is 23.0 Å².